The van der Waals surface area contributed by atoms with Crippen molar-refractivity contribution in [1.29, 1.82) is 0 Å². The Hall–Kier alpha value is -2.03. The molecule has 2 saturated carbocycles. The maximum absolute atomic E-state index is 12.1. The molecule has 0 aliphatic heterocycles. The van der Waals surface area contributed by atoms with E-state index < -0.39 is 0 Å². The molecule has 2 atom stereocenters. The van der Waals surface area contributed by atoms with Gasteiger partial charge in [-0.2, -0.15) is 0 Å². The standard InChI is InChI=1S/C19H22O3/c1-3-15-6-8-17(9-7-15)21-11-12-22-18(20)14(2)19-10-4-5-16(19)13-19/h3,6-9,16H,1-2,4-5,10-13H2. The van der Waals surface area contributed by atoms with E-state index >= 15 is 0 Å². The Morgan fingerprint density at radius 2 is 2.09 bits per heavy atom. The largest absolute Gasteiger partial charge is 0.490 e. The van der Waals surface area contributed by atoms with E-state index in [4.69, 9.17) is 9.47 Å². The summed E-state index contributed by atoms with van der Waals surface area (Å²) in [6, 6.07) is 7.62. The van der Waals surface area contributed by atoms with E-state index in [-0.39, 0.29) is 18.0 Å². The smallest absolute Gasteiger partial charge is 0.334 e. The number of carbonyl (C=O) groups excluding carboxylic acids is 1. The molecule has 22 heavy (non-hydrogen) atoms. The third-order valence-electron chi connectivity index (χ3n) is 4.96. The Balaban J connectivity index is 1.40. The summed E-state index contributed by atoms with van der Waals surface area (Å²) in [4.78, 5) is 12.1. The van der Waals surface area contributed by atoms with Crippen LogP contribution in [-0.2, 0) is 9.53 Å². The molecule has 2 aliphatic rings. The third kappa shape index (κ3) is 2.80. The molecule has 116 valence electrons. The zero-order chi connectivity index (χ0) is 15.6. The van der Waals surface area contributed by atoms with E-state index in [1.807, 2.05) is 24.3 Å². The number of fused-ring (bicyclic) bond motifs is 1. The number of esters is 1. The van der Waals surface area contributed by atoms with Crippen LogP contribution >= 0.6 is 0 Å². The highest BCUT2D eigenvalue weighted by molar-refractivity contribution is 5.90. The third-order valence-corrected chi connectivity index (χ3v) is 4.96. The molecule has 3 nitrogen and oxygen atoms in total. The second-order valence-corrected chi connectivity index (χ2v) is 6.19. The average Bonchev–Trinajstić information content (AvgIpc) is 3.12. The van der Waals surface area contributed by atoms with Crippen molar-refractivity contribution < 1.29 is 14.3 Å². The van der Waals surface area contributed by atoms with Gasteiger partial charge in [0.15, 0.2) is 0 Å². The van der Waals surface area contributed by atoms with Crippen molar-refractivity contribution in [2.75, 3.05) is 13.2 Å². The summed E-state index contributed by atoms with van der Waals surface area (Å²) in [5, 5.41) is 0. The van der Waals surface area contributed by atoms with E-state index in [0.717, 1.165) is 24.2 Å². The summed E-state index contributed by atoms with van der Waals surface area (Å²) in [6.07, 6.45) is 6.44. The number of carbonyl (C=O) groups is 1. The van der Waals surface area contributed by atoms with Crippen LogP contribution in [-0.4, -0.2) is 19.2 Å². The van der Waals surface area contributed by atoms with Gasteiger partial charge in [-0.25, -0.2) is 4.79 Å². The number of ether oxygens (including phenoxy) is 2. The summed E-state index contributed by atoms with van der Waals surface area (Å²) in [7, 11) is 0. The van der Waals surface area contributed by atoms with Gasteiger partial charge in [-0.15, -0.1) is 0 Å². The Kier molecular flexibility index (Phi) is 4.06. The zero-order valence-electron chi connectivity index (χ0n) is 12.8. The molecule has 0 amide bonds. The first kappa shape index (κ1) is 14.9. The molecule has 0 saturated heterocycles. The first-order chi connectivity index (χ1) is 10.7. The lowest BCUT2D eigenvalue weighted by Gasteiger charge is -2.15. The summed E-state index contributed by atoms with van der Waals surface area (Å²) < 4.78 is 10.9. The summed E-state index contributed by atoms with van der Waals surface area (Å²) in [5.41, 5.74) is 1.80. The summed E-state index contributed by atoms with van der Waals surface area (Å²) in [5.74, 6) is 1.18. The molecule has 2 unspecified atom stereocenters. The molecular formula is C19H22O3. The fourth-order valence-electron chi connectivity index (χ4n) is 3.53. The molecule has 3 heteroatoms. The van der Waals surface area contributed by atoms with Gasteiger partial charge in [0, 0.05) is 11.0 Å². The Bertz CT molecular complexity index is 587. The summed E-state index contributed by atoms with van der Waals surface area (Å²) in [6.45, 7) is 8.29. The highest BCUT2D eigenvalue weighted by atomic mass is 16.6. The van der Waals surface area contributed by atoms with Gasteiger partial charge in [0.05, 0.1) is 0 Å². The van der Waals surface area contributed by atoms with Crippen LogP contribution in [0.15, 0.2) is 43.0 Å². The second kappa shape index (κ2) is 5.99. The minimum Gasteiger partial charge on any atom is -0.490 e. The maximum atomic E-state index is 12.1. The number of rotatable bonds is 7. The van der Waals surface area contributed by atoms with Crippen LogP contribution in [0.4, 0.5) is 0 Å². The van der Waals surface area contributed by atoms with Crippen molar-refractivity contribution in [3.8, 4) is 5.75 Å². The van der Waals surface area contributed by atoms with E-state index in [1.165, 1.54) is 12.8 Å². The van der Waals surface area contributed by atoms with Crippen LogP contribution in [0.1, 0.15) is 31.2 Å². The predicted molar refractivity (Wildman–Crippen MR) is 86.5 cm³/mol. The molecule has 0 N–H and O–H groups in total. The average molecular weight is 298 g/mol. The van der Waals surface area contributed by atoms with E-state index in [1.54, 1.807) is 6.08 Å². The van der Waals surface area contributed by atoms with Gasteiger partial charge >= 0.3 is 5.97 Å². The van der Waals surface area contributed by atoms with Gasteiger partial charge < -0.3 is 9.47 Å². The first-order valence-corrected chi connectivity index (χ1v) is 7.87. The van der Waals surface area contributed by atoms with Gasteiger partial charge in [-0.05, 0) is 42.9 Å². The highest BCUT2D eigenvalue weighted by Crippen LogP contribution is 2.67. The van der Waals surface area contributed by atoms with Crippen LogP contribution in [0, 0.1) is 11.3 Å². The molecule has 1 aromatic carbocycles. The molecule has 0 bridgehead atoms. The van der Waals surface area contributed by atoms with E-state index in [2.05, 4.69) is 13.2 Å². The minimum absolute atomic E-state index is 0.0818. The van der Waals surface area contributed by atoms with Crippen molar-refractivity contribution in [3.05, 3.63) is 48.6 Å². The Labute approximate surface area is 131 Å². The molecule has 0 radical (unpaired) electrons. The molecule has 0 spiro atoms. The van der Waals surface area contributed by atoms with Crippen LogP contribution in [0.2, 0.25) is 0 Å². The number of hydrogen-bond donors (Lipinski definition) is 0. The first-order valence-electron chi connectivity index (χ1n) is 7.87. The topological polar surface area (TPSA) is 35.5 Å². The molecule has 1 aromatic rings. The fraction of sp³-hybridized carbons (Fsp3) is 0.421. The van der Waals surface area contributed by atoms with Gasteiger partial charge in [0.25, 0.3) is 0 Å². The van der Waals surface area contributed by atoms with Gasteiger partial charge in [-0.3, -0.25) is 0 Å². The van der Waals surface area contributed by atoms with Gasteiger partial charge in [-0.1, -0.05) is 37.8 Å². The highest BCUT2D eigenvalue weighted by Gasteiger charge is 2.60. The lowest BCUT2D eigenvalue weighted by atomic mass is 9.94. The van der Waals surface area contributed by atoms with Crippen molar-refractivity contribution >= 4 is 12.0 Å². The monoisotopic (exact) mass is 298 g/mol. The molecule has 2 fully saturated rings. The van der Waals surface area contributed by atoms with Crippen molar-refractivity contribution in [2.24, 2.45) is 11.3 Å². The minimum atomic E-state index is -0.255. The van der Waals surface area contributed by atoms with Crippen LogP contribution in [0.3, 0.4) is 0 Å². The fourth-order valence-corrected chi connectivity index (χ4v) is 3.53. The molecule has 0 aromatic heterocycles. The molecule has 2 aliphatic carbocycles. The van der Waals surface area contributed by atoms with E-state index in [0.29, 0.717) is 18.1 Å². The molecule has 0 heterocycles. The van der Waals surface area contributed by atoms with Crippen molar-refractivity contribution in [3.63, 3.8) is 0 Å². The Morgan fingerprint density at radius 1 is 1.32 bits per heavy atom. The van der Waals surface area contributed by atoms with Crippen LogP contribution < -0.4 is 4.74 Å². The van der Waals surface area contributed by atoms with Gasteiger partial charge in [0.1, 0.15) is 19.0 Å². The maximum Gasteiger partial charge on any atom is 0.334 e. The molecular weight excluding hydrogens is 276 g/mol. The van der Waals surface area contributed by atoms with Gasteiger partial charge in [0.2, 0.25) is 0 Å². The van der Waals surface area contributed by atoms with Crippen molar-refractivity contribution in [1.82, 2.24) is 0 Å². The second-order valence-electron chi connectivity index (χ2n) is 6.19. The SMILES string of the molecule is C=Cc1ccc(OCCOC(=O)C(=C)C23CCCC2C3)cc1. The van der Waals surface area contributed by atoms with Crippen LogP contribution in [0.25, 0.3) is 6.08 Å². The molecule has 3 rings (SSSR count). The number of benzene rings is 1. The zero-order valence-corrected chi connectivity index (χ0v) is 12.8. The normalized spacial score (nSPS) is 25.2. The summed E-state index contributed by atoms with van der Waals surface area (Å²) >= 11 is 0. The van der Waals surface area contributed by atoms with E-state index in [9.17, 15) is 4.79 Å². The predicted octanol–water partition coefficient (Wildman–Crippen LogP) is 4.00. The lowest BCUT2D eigenvalue weighted by Crippen LogP contribution is -2.18. The lowest BCUT2D eigenvalue weighted by molar-refractivity contribution is -0.140. The quantitative estimate of drug-likeness (QED) is 0.433. The van der Waals surface area contributed by atoms with Crippen molar-refractivity contribution in [2.45, 2.75) is 25.7 Å². The Morgan fingerprint density at radius 3 is 2.68 bits per heavy atom. The number of hydrogen-bond acceptors (Lipinski definition) is 3. The van der Waals surface area contributed by atoms with Crippen LogP contribution in [0.5, 0.6) is 5.75 Å².